The fourth-order valence-corrected chi connectivity index (χ4v) is 5.70. The molecular formula is C20H21N5O3S2. The molecule has 0 radical (unpaired) electrons. The smallest absolute Gasteiger partial charge is 0.267 e. The Kier molecular flexibility index (Phi) is 5.54. The fraction of sp³-hybridized carbons (Fsp3) is 0.250. The van der Waals surface area contributed by atoms with Crippen LogP contribution in [0.25, 0.3) is 0 Å². The number of carbonyl (C=O) groups excluding carboxylic acids is 1. The van der Waals surface area contributed by atoms with E-state index in [4.69, 9.17) is 0 Å². The van der Waals surface area contributed by atoms with Gasteiger partial charge in [-0.25, -0.2) is 18.4 Å². The van der Waals surface area contributed by atoms with Crippen LogP contribution in [0.2, 0.25) is 0 Å². The molecule has 1 amide bonds. The molecule has 0 spiro atoms. The molecule has 2 N–H and O–H groups in total. The molecule has 0 atom stereocenters. The maximum atomic E-state index is 13.1. The third kappa shape index (κ3) is 4.20. The Hall–Kier alpha value is -2.82. The van der Waals surface area contributed by atoms with Crippen molar-refractivity contribution in [1.29, 1.82) is 0 Å². The first kappa shape index (κ1) is 20.5. The highest BCUT2D eigenvalue weighted by atomic mass is 32.2. The number of sulfonamides is 1. The Morgan fingerprint density at radius 3 is 2.67 bits per heavy atom. The summed E-state index contributed by atoms with van der Waals surface area (Å²) in [6, 6.07) is 9.81. The van der Waals surface area contributed by atoms with Gasteiger partial charge in [0.2, 0.25) is 16.0 Å². The monoisotopic (exact) mass is 443 g/mol. The number of fused-ring (bicyclic) bond motifs is 1. The number of rotatable bonds is 5. The summed E-state index contributed by atoms with van der Waals surface area (Å²) in [5.74, 6) is -0.210. The van der Waals surface area contributed by atoms with Gasteiger partial charge in [-0.05, 0) is 61.5 Å². The Balaban J connectivity index is 1.49. The zero-order valence-corrected chi connectivity index (χ0v) is 18.2. The molecule has 10 heteroatoms. The van der Waals surface area contributed by atoms with Crippen LogP contribution < -0.4 is 10.9 Å². The molecule has 0 saturated carbocycles. The van der Waals surface area contributed by atoms with Crippen LogP contribution in [0.3, 0.4) is 0 Å². The number of nitrogens with one attached hydrogen (secondary N) is 2. The number of benzene rings is 1. The minimum Gasteiger partial charge on any atom is -0.267 e. The Labute approximate surface area is 179 Å². The van der Waals surface area contributed by atoms with E-state index < -0.39 is 15.9 Å². The number of hydrogen-bond donors (Lipinski definition) is 2. The van der Waals surface area contributed by atoms with Gasteiger partial charge >= 0.3 is 0 Å². The Bertz CT molecular complexity index is 1190. The Morgan fingerprint density at radius 2 is 1.90 bits per heavy atom. The average molecular weight is 444 g/mol. The second kappa shape index (κ2) is 8.13. The number of nitrogens with zero attached hydrogens (tertiary/aromatic N) is 3. The molecule has 2 aromatic heterocycles. The first-order valence-corrected chi connectivity index (χ1v) is 11.7. The van der Waals surface area contributed by atoms with Crippen molar-refractivity contribution < 1.29 is 13.2 Å². The lowest BCUT2D eigenvalue weighted by molar-refractivity contribution is 0.0962. The maximum Gasteiger partial charge on any atom is 0.269 e. The van der Waals surface area contributed by atoms with Crippen molar-refractivity contribution in [3.8, 4) is 0 Å². The normalized spacial score (nSPS) is 14.2. The van der Waals surface area contributed by atoms with E-state index in [1.165, 1.54) is 21.3 Å². The number of aryl methyl sites for hydroxylation is 2. The molecule has 0 fully saturated rings. The molecule has 0 aliphatic carbocycles. The van der Waals surface area contributed by atoms with Gasteiger partial charge < -0.3 is 0 Å². The standard InChI is InChI=1S/C20H21N5O3S2/c1-13-10-14(2)22-20(21-13)24-23-19(26)15-4-3-5-17(11-15)30(27,28)25-8-6-18-16(12-25)7-9-29-18/h3-5,7,9-11H,6,8,12H2,1-2H3,(H,23,26)(H,21,22,24). The molecular weight excluding hydrogens is 422 g/mol. The number of anilines is 1. The number of amides is 1. The highest BCUT2D eigenvalue weighted by Crippen LogP contribution is 2.28. The zero-order valence-electron chi connectivity index (χ0n) is 16.5. The van der Waals surface area contributed by atoms with Gasteiger partial charge in [0.25, 0.3) is 5.91 Å². The minimum absolute atomic E-state index is 0.0940. The zero-order chi connectivity index (χ0) is 21.3. The largest absolute Gasteiger partial charge is 0.269 e. The van der Waals surface area contributed by atoms with Crippen LogP contribution >= 0.6 is 11.3 Å². The summed E-state index contributed by atoms with van der Waals surface area (Å²) in [6.45, 7) is 4.44. The minimum atomic E-state index is -3.70. The van der Waals surface area contributed by atoms with Crippen molar-refractivity contribution in [2.75, 3.05) is 12.0 Å². The number of hydrazine groups is 1. The molecule has 0 unspecified atom stereocenters. The van der Waals surface area contributed by atoms with E-state index in [0.717, 1.165) is 17.0 Å². The molecule has 156 valence electrons. The SMILES string of the molecule is Cc1cc(C)nc(NNC(=O)c2cccc(S(=O)(=O)N3CCc4sccc4C3)c2)n1. The molecule has 0 saturated heterocycles. The van der Waals surface area contributed by atoms with Gasteiger partial charge in [0.15, 0.2) is 0 Å². The van der Waals surface area contributed by atoms with E-state index in [9.17, 15) is 13.2 Å². The lowest BCUT2D eigenvalue weighted by atomic mass is 10.1. The lowest BCUT2D eigenvalue weighted by Gasteiger charge is -2.26. The third-order valence-electron chi connectivity index (χ3n) is 4.78. The summed E-state index contributed by atoms with van der Waals surface area (Å²) in [6.07, 6.45) is 0.701. The van der Waals surface area contributed by atoms with Crippen LogP contribution in [0.1, 0.15) is 32.2 Å². The van der Waals surface area contributed by atoms with Crippen LogP contribution in [-0.4, -0.2) is 35.1 Å². The molecule has 1 aliphatic rings. The summed E-state index contributed by atoms with van der Waals surface area (Å²) in [5.41, 5.74) is 7.99. The maximum absolute atomic E-state index is 13.1. The number of thiophene rings is 1. The van der Waals surface area contributed by atoms with E-state index in [1.54, 1.807) is 23.5 Å². The van der Waals surface area contributed by atoms with Crippen LogP contribution in [0, 0.1) is 13.8 Å². The molecule has 8 nitrogen and oxygen atoms in total. The van der Waals surface area contributed by atoms with Gasteiger partial charge in [-0.15, -0.1) is 11.3 Å². The summed E-state index contributed by atoms with van der Waals surface area (Å²) in [5, 5.41) is 1.98. The topological polar surface area (TPSA) is 104 Å². The average Bonchev–Trinajstić information content (AvgIpc) is 3.19. The molecule has 0 bridgehead atoms. The van der Waals surface area contributed by atoms with Gasteiger partial charge in [0.1, 0.15) is 0 Å². The van der Waals surface area contributed by atoms with Gasteiger partial charge in [-0.1, -0.05) is 6.07 Å². The van der Waals surface area contributed by atoms with Gasteiger partial charge in [0.05, 0.1) is 4.90 Å². The summed E-state index contributed by atoms with van der Waals surface area (Å²) in [4.78, 5) is 22.2. The van der Waals surface area contributed by atoms with Crippen molar-refractivity contribution >= 4 is 33.2 Å². The summed E-state index contributed by atoms with van der Waals surface area (Å²) < 4.78 is 27.7. The van der Waals surface area contributed by atoms with Crippen molar-refractivity contribution in [3.05, 3.63) is 69.2 Å². The number of hydrogen-bond acceptors (Lipinski definition) is 7. The fourth-order valence-electron chi connectivity index (χ4n) is 3.34. The van der Waals surface area contributed by atoms with E-state index >= 15 is 0 Å². The third-order valence-corrected chi connectivity index (χ3v) is 7.64. The van der Waals surface area contributed by atoms with Gasteiger partial charge in [-0.2, -0.15) is 4.31 Å². The molecule has 3 heterocycles. The number of carbonyl (C=O) groups is 1. The number of aromatic nitrogens is 2. The lowest BCUT2D eigenvalue weighted by Crippen LogP contribution is -2.35. The quantitative estimate of drug-likeness (QED) is 0.588. The van der Waals surface area contributed by atoms with Crippen LogP contribution in [-0.2, 0) is 23.0 Å². The predicted molar refractivity (Wildman–Crippen MR) is 115 cm³/mol. The van der Waals surface area contributed by atoms with Gasteiger partial charge in [0, 0.05) is 34.9 Å². The highest BCUT2D eigenvalue weighted by molar-refractivity contribution is 7.89. The molecule has 4 rings (SSSR count). The highest BCUT2D eigenvalue weighted by Gasteiger charge is 2.29. The van der Waals surface area contributed by atoms with Gasteiger partial charge in [-0.3, -0.25) is 15.6 Å². The first-order chi connectivity index (χ1) is 14.3. The second-order valence-electron chi connectivity index (χ2n) is 7.04. The van der Waals surface area contributed by atoms with Crippen LogP contribution in [0.4, 0.5) is 5.95 Å². The predicted octanol–water partition coefficient (Wildman–Crippen LogP) is 2.66. The summed E-state index contributed by atoms with van der Waals surface area (Å²) in [7, 11) is -3.70. The van der Waals surface area contributed by atoms with Crippen molar-refractivity contribution in [2.24, 2.45) is 0 Å². The van der Waals surface area contributed by atoms with E-state index in [0.29, 0.717) is 19.5 Å². The summed E-state index contributed by atoms with van der Waals surface area (Å²) >= 11 is 1.65. The Morgan fingerprint density at radius 1 is 1.13 bits per heavy atom. The van der Waals surface area contributed by atoms with Crippen LogP contribution in [0.15, 0.2) is 46.7 Å². The molecule has 1 aromatic carbocycles. The van der Waals surface area contributed by atoms with E-state index in [-0.39, 0.29) is 16.4 Å². The molecule has 3 aromatic rings. The second-order valence-corrected chi connectivity index (χ2v) is 9.98. The molecule has 30 heavy (non-hydrogen) atoms. The van der Waals surface area contributed by atoms with Crippen molar-refractivity contribution in [1.82, 2.24) is 19.7 Å². The van der Waals surface area contributed by atoms with Crippen molar-refractivity contribution in [3.63, 3.8) is 0 Å². The molecule has 1 aliphatic heterocycles. The van der Waals surface area contributed by atoms with E-state index in [1.807, 2.05) is 31.4 Å². The van der Waals surface area contributed by atoms with Crippen LogP contribution in [0.5, 0.6) is 0 Å². The first-order valence-electron chi connectivity index (χ1n) is 9.37. The van der Waals surface area contributed by atoms with E-state index in [2.05, 4.69) is 20.8 Å². The van der Waals surface area contributed by atoms with Crippen molar-refractivity contribution in [2.45, 2.75) is 31.7 Å².